The molecule has 80 heavy (non-hydrogen) atoms. The van der Waals surface area contributed by atoms with Crippen LogP contribution in [0.5, 0.6) is 28.7 Å². The second-order valence-corrected chi connectivity index (χ2v) is 18.7. The number of ether oxygens (including phenoxy) is 6. The summed E-state index contributed by atoms with van der Waals surface area (Å²) in [7, 11) is 0. The van der Waals surface area contributed by atoms with Crippen LogP contribution in [0.15, 0.2) is 91.4 Å². The maximum Gasteiger partial charge on any atom is 0.519 e. The summed E-state index contributed by atoms with van der Waals surface area (Å²) in [4.78, 5) is 74.5. The van der Waals surface area contributed by atoms with Crippen molar-refractivity contribution in [2.75, 3.05) is 34.0 Å². The van der Waals surface area contributed by atoms with Crippen molar-refractivity contribution in [3.63, 3.8) is 0 Å². The van der Waals surface area contributed by atoms with Crippen LogP contribution >= 0.6 is 11.6 Å². The quantitative estimate of drug-likeness (QED) is 0.0142. The number of anilines is 6. The highest BCUT2D eigenvalue weighted by Gasteiger charge is 2.26. The normalized spacial score (nSPS) is 10.6. The van der Waals surface area contributed by atoms with Crippen LogP contribution in [-0.2, 0) is 18.9 Å². The van der Waals surface area contributed by atoms with Gasteiger partial charge in [-0.2, -0.15) is 0 Å². The summed E-state index contributed by atoms with van der Waals surface area (Å²) in [5.41, 5.74) is 22.9. The zero-order chi connectivity index (χ0) is 61.0. The number of amides is 1. The first-order valence-corrected chi connectivity index (χ1v) is 22.7. The number of nitro groups is 3. The number of rotatable bonds is 8. The number of benzene rings is 3. The number of aromatic hydroxyl groups is 1. The van der Waals surface area contributed by atoms with Gasteiger partial charge in [-0.25, -0.2) is 42.5 Å². The molecule has 0 aliphatic rings. The summed E-state index contributed by atoms with van der Waals surface area (Å²) >= 11 is 5.46. The minimum atomic E-state index is -1.06. The van der Waals surface area contributed by atoms with E-state index in [9.17, 15) is 57.9 Å². The van der Waals surface area contributed by atoms with Crippen LogP contribution in [0.4, 0.5) is 79.1 Å². The van der Waals surface area contributed by atoms with Crippen LogP contribution in [0.25, 0.3) is 0 Å². The fourth-order valence-corrected chi connectivity index (χ4v) is 5.31. The first-order chi connectivity index (χ1) is 36.9. The van der Waals surface area contributed by atoms with E-state index < -0.39 is 78.8 Å². The van der Waals surface area contributed by atoms with Gasteiger partial charge < -0.3 is 62.2 Å². The van der Waals surface area contributed by atoms with E-state index in [0.717, 1.165) is 18.2 Å². The van der Waals surface area contributed by atoms with Gasteiger partial charge in [0.2, 0.25) is 29.0 Å². The number of halogens is 4. The Balaban J connectivity index is 0.000000359. The van der Waals surface area contributed by atoms with E-state index in [2.05, 4.69) is 25.0 Å². The van der Waals surface area contributed by atoms with Crippen LogP contribution in [0.1, 0.15) is 62.3 Å². The molecule has 0 spiro atoms. The molecule has 0 unspecified atom stereocenters. The van der Waals surface area contributed by atoms with Crippen LogP contribution in [-0.4, -0.2) is 70.0 Å². The monoisotopic (exact) mass is 1150 g/mol. The van der Waals surface area contributed by atoms with Crippen molar-refractivity contribution in [3.8, 4) is 28.7 Å². The fourth-order valence-electron chi connectivity index (χ4n) is 5.09. The smallest absolute Gasteiger partial charge is 0.508 e. The van der Waals surface area contributed by atoms with Gasteiger partial charge in [0.1, 0.15) is 50.7 Å². The summed E-state index contributed by atoms with van der Waals surface area (Å²) in [6.45, 7) is 15.0. The number of hydrogen-bond acceptors (Lipinski definition) is 24. The average Bonchev–Trinajstić information content (AvgIpc) is 3.28. The molecule has 0 radical (unpaired) electrons. The Morgan fingerprint density at radius 1 is 0.550 bits per heavy atom. The molecule has 3 aromatic heterocycles. The maximum atomic E-state index is 14.2. The zero-order valence-electron chi connectivity index (χ0n) is 43.8. The van der Waals surface area contributed by atoms with Crippen LogP contribution in [0.3, 0.4) is 0 Å². The summed E-state index contributed by atoms with van der Waals surface area (Å²) in [5.74, 6) is -3.21. The molecule has 12 N–H and O–H groups in total. The number of aromatic nitrogens is 3. The standard InChI is InChI=1S/C16H17FN4O5.C11H9FN4O3.C10H18O5.C6H6FNO.C5H4ClN3O2/c1-16(2,3)26-15(22)20-11-5-4-9(8-10(11)17)25-12-6-7-19-14(18)13(12)21(23)24;12-7-5-6(1-2-8(7)13)19-9-3-4-15-11(14)10(9)16(17)18;1-9(2,3)14-7(11)13-8(12)15-10(4,5)6;7-5-3-4(9)1-2-6(5)8;6-3-1-2-8-5(7)4(3)9(10)11/h4-8H,1-3H3,(H2,18,19)(H,20,22);1-5H,13H2,(H2,14,15);1-6H3;1-3,9H,8H2;1-2H,(H2,7,8). The van der Waals surface area contributed by atoms with Crippen molar-refractivity contribution in [3.05, 3.63) is 144 Å². The lowest BCUT2D eigenvalue weighted by Crippen LogP contribution is -2.29. The zero-order valence-corrected chi connectivity index (χ0v) is 44.6. The van der Waals surface area contributed by atoms with Crippen molar-refractivity contribution < 1.29 is 75.9 Å². The van der Waals surface area contributed by atoms with Gasteiger partial charge in [0.25, 0.3) is 0 Å². The molecular weight excluding hydrogens is 1090 g/mol. The largest absolute Gasteiger partial charge is 0.519 e. The van der Waals surface area contributed by atoms with Crippen LogP contribution in [0.2, 0.25) is 5.02 Å². The Bertz CT molecular complexity index is 3150. The topological polar surface area (TPSA) is 437 Å². The van der Waals surface area contributed by atoms with E-state index in [1.807, 2.05) is 0 Å². The molecule has 6 rings (SSSR count). The van der Waals surface area contributed by atoms with Gasteiger partial charge >= 0.3 is 35.5 Å². The van der Waals surface area contributed by atoms with Gasteiger partial charge in [0.05, 0.1) is 31.8 Å². The predicted molar refractivity (Wildman–Crippen MR) is 284 cm³/mol. The summed E-state index contributed by atoms with van der Waals surface area (Å²) < 4.78 is 69.1. The number of nitrogen functional groups attached to an aromatic ring is 5. The molecule has 32 heteroatoms. The van der Waals surface area contributed by atoms with E-state index in [4.69, 9.17) is 69.1 Å². The minimum absolute atomic E-state index is 0.00231. The Morgan fingerprint density at radius 2 is 0.925 bits per heavy atom. The number of hydrogen-bond donors (Lipinski definition) is 7. The highest BCUT2D eigenvalue weighted by Crippen LogP contribution is 2.37. The van der Waals surface area contributed by atoms with E-state index in [1.54, 1.807) is 62.3 Å². The second kappa shape index (κ2) is 28.8. The lowest BCUT2D eigenvalue weighted by molar-refractivity contribution is -0.385. The number of pyridine rings is 3. The molecule has 6 aromatic rings. The van der Waals surface area contributed by atoms with Gasteiger partial charge in [-0.15, -0.1) is 0 Å². The summed E-state index contributed by atoms with van der Waals surface area (Å²) in [5, 5.41) is 43.1. The molecule has 0 bridgehead atoms. The van der Waals surface area contributed by atoms with E-state index in [1.165, 1.54) is 73.2 Å². The van der Waals surface area contributed by atoms with Gasteiger partial charge in [-0.1, -0.05) is 11.6 Å². The molecule has 28 nitrogen and oxygen atoms in total. The Kier molecular flexibility index (Phi) is 23.7. The van der Waals surface area contributed by atoms with Gasteiger partial charge in [0.15, 0.2) is 5.82 Å². The van der Waals surface area contributed by atoms with Crippen molar-refractivity contribution in [1.82, 2.24) is 15.0 Å². The third-order valence-corrected chi connectivity index (χ3v) is 8.52. The number of nitrogens with two attached hydrogens (primary N) is 5. The highest BCUT2D eigenvalue weighted by atomic mass is 35.5. The Hall–Kier alpha value is -10.2. The first-order valence-electron chi connectivity index (χ1n) is 22.3. The third kappa shape index (κ3) is 23.4. The van der Waals surface area contributed by atoms with Crippen LogP contribution in [0, 0.1) is 47.8 Å². The van der Waals surface area contributed by atoms with E-state index in [0.29, 0.717) is 0 Å². The average molecular weight is 1150 g/mol. The summed E-state index contributed by atoms with van der Waals surface area (Å²) in [6.07, 6.45) is 0.860. The van der Waals surface area contributed by atoms with Crippen molar-refractivity contribution in [2.24, 2.45) is 0 Å². The predicted octanol–water partition coefficient (Wildman–Crippen LogP) is 11.1. The van der Waals surface area contributed by atoms with Gasteiger partial charge in [-0.05, 0) is 105 Å². The summed E-state index contributed by atoms with van der Waals surface area (Å²) in [6, 6.07) is 14.7. The molecule has 0 saturated carbocycles. The molecule has 0 saturated heterocycles. The van der Waals surface area contributed by atoms with Crippen LogP contribution < -0.4 is 43.5 Å². The number of nitrogens with one attached hydrogen (secondary N) is 1. The van der Waals surface area contributed by atoms with Gasteiger partial charge in [-0.3, -0.25) is 35.7 Å². The molecule has 0 atom stereocenters. The van der Waals surface area contributed by atoms with Crippen molar-refractivity contribution in [1.29, 1.82) is 0 Å². The Labute approximate surface area is 457 Å². The maximum absolute atomic E-state index is 14.2. The molecule has 3 heterocycles. The van der Waals surface area contributed by atoms with Crippen molar-refractivity contribution in [2.45, 2.75) is 79.1 Å². The SMILES string of the molecule is CC(C)(C)OC(=O)Nc1ccc(Oc2ccnc(N)c2[N+](=O)[O-])cc1F.CC(C)(C)OC(=O)OC(=O)OC(C)(C)C.Nc1ccc(O)cc1F.Nc1ccc(Oc2ccnc(N)c2[N+](=O)[O-])cc1F.Nc1nccc(Cl)c1[N+](=O)[O-]. The fraction of sp³-hybridized carbons (Fsp3) is 0.250. The lowest BCUT2D eigenvalue weighted by atomic mass is 10.2. The lowest BCUT2D eigenvalue weighted by Gasteiger charge is -2.20. The molecular formula is C48H54ClF3N12O16. The number of nitrogens with zero attached hydrogens (tertiary/aromatic N) is 6. The molecule has 0 fully saturated rings. The molecule has 0 aliphatic heterocycles. The molecule has 0 aliphatic carbocycles. The van der Waals surface area contributed by atoms with Gasteiger partial charge in [0, 0.05) is 48.9 Å². The number of carbonyl (C=O) groups is 3. The first kappa shape index (κ1) is 65.9. The second-order valence-electron chi connectivity index (χ2n) is 18.3. The van der Waals surface area contributed by atoms with E-state index in [-0.39, 0.29) is 74.0 Å². The minimum Gasteiger partial charge on any atom is -0.508 e. The molecule has 1 amide bonds. The van der Waals surface area contributed by atoms with E-state index >= 15 is 0 Å². The molecule has 3 aromatic carbocycles. The number of phenols is 1. The van der Waals surface area contributed by atoms with Crippen molar-refractivity contribution >= 4 is 81.6 Å². The Morgan fingerprint density at radius 3 is 1.27 bits per heavy atom. The number of phenolic OH excluding ortho intramolecular Hbond substituents is 1. The third-order valence-electron chi connectivity index (χ3n) is 8.22. The highest BCUT2D eigenvalue weighted by molar-refractivity contribution is 6.33. The number of carbonyl (C=O) groups excluding carboxylic acids is 3. The molecule has 430 valence electrons.